The molecule has 1 aliphatic rings. The highest BCUT2D eigenvalue weighted by Crippen LogP contribution is 2.29. The first kappa shape index (κ1) is 19.0. The van der Waals surface area contributed by atoms with Crippen LogP contribution in [0.15, 0.2) is 46.8 Å². The van der Waals surface area contributed by atoms with Gasteiger partial charge in [-0.3, -0.25) is 4.79 Å². The predicted octanol–water partition coefficient (Wildman–Crippen LogP) is 5.14. The second-order valence-corrected chi connectivity index (χ2v) is 8.83. The van der Waals surface area contributed by atoms with Crippen LogP contribution in [0, 0.1) is 0 Å². The molecule has 5 nitrogen and oxygen atoms in total. The number of benzene rings is 2. The minimum atomic E-state index is 0.135. The van der Waals surface area contributed by atoms with Gasteiger partial charge in [0.25, 0.3) is 0 Å². The second-order valence-electron chi connectivity index (χ2n) is 6.63. The van der Waals surface area contributed by atoms with E-state index in [1.165, 1.54) is 47.1 Å². The Morgan fingerprint density at radius 2 is 2.00 bits per heavy atom. The molecule has 0 bridgehead atoms. The van der Waals surface area contributed by atoms with Gasteiger partial charge in [0.15, 0.2) is 10.1 Å². The van der Waals surface area contributed by atoms with Crippen LogP contribution in [0.2, 0.25) is 0 Å². The van der Waals surface area contributed by atoms with Crippen molar-refractivity contribution in [1.29, 1.82) is 0 Å². The molecule has 0 aliphatic heterocycles. The van der Waals surface area contributed by atoms with Gasteiger partial charge in [-0.1, -0.05) is 41.3 Å². The zero-order valence-electron chi connectivity index (χ0n) is 15.6. The van der Waals surface area contributed by atoms with Crippen LogP contribution in [0.5, 0.6) is 5.75 Å². The molecule has 0 radical (unpaired) electrons. The number of fused-ring (bicyclic) bond motifs is 1. The smallest absolute Gasteiger partial charge is 0.210 e. The van der Waals surface area contributed by atoms with Crippen LogP contribution < -0.4 is 10.1 Å². The Hall–Kier alpha value is -2.38. The summed E-state index contributed by atoms with van der Waals surface area (Å²) in [5.74, 6) is 1.28. The fourth-order valence-electron chi connectivity index (χ4n) is 3.26. The standard InChI is InChI=1S/C21H21N3O2S2/c1-26-18-8-4-7-17(12-18)22-20-23-24-21(28-20)27-13-19(25)16-10-9-14-5-2-3-6-15(14)11-16/h4,7-12H,2-3,5-6,13H2,1H3,(H,22,23). The van der Waals surface area contributed by atoms with Crippen molar-refractivity contribution in [1.82, 2.24) is 10.2 Å². The van der Waals surface area contributed by atoms with E-state index in [9.17, 15) is 4.79 Å². The number of methoxy groups -OCH3 is 1. The Kier molecular flexibility index (Phi) is 5.92. The first-order chi connectivity index (χ1) is 13.7. The molecule has 1 aromatic heterocycles. The molecule has 1 aliphatic carbocycles. The summed E-state index contributed by atoms with van der Waals surface area (Å²) in [7, 11) is 1.64. The third kappa shape index (κ3) is 4.54. The molecular formula is C21H21N3O2S2. The van der Waals surface area contributed by atoms with Crippen LogP contribution in [0.3, 0.4) is 0 Å². The van der Waals surface area contributed by atoms with Crippen LogP contribution in [-0.4, -0.2) is 28.8 Å². The van der Waals surface area contributed by atoms with Gasteiger partial charge in [-0.05, 0) is 55.0 Å². The van der Waals surface area contributed by atoms with Gasteiger partial charge in [0.2, 0.25) is 5.13 Å². The number of aryl methyl sites for hydroxylation is 2. The van der Waals surface area contributed by atoms with Crippen molar-refractivity contribution in [2.24, 2.45) is 0 Å². The summed E-state index contributed by atoms with van der Waals surface area (Å²) in [5, 5.41) is 12.2. The Morgan fingerprint density at radius 1 is 1.14 bits per heavy atom. The van der Waals surface area contributed by atoms with E-state index in [2.05, 4.69) is 27.6 Å². The number of carbonyl (C=O) groups excluding carboxylic acids is 1. The molecule has 1 N–H and O–H groups in total. The van der Waals surface area contributed by atoms with Crippen molar-refractivity contribution in [3.8, 4) is 5.75 Å². The van der Waals surface area contributed by atoms with Crippen molar-refractivity contribution < 1.29 is 9.53 Å². The summed E-state index contributed by atoms with van der Waals surface area (Å²) < 4.78 is 6.00. The summed E-state index contributed by atoms with van der Waals surface area (Å²) in [6, 6.07) is 13.8. The summed E-state index contributed by atoms with van der Waals surface area (Å²) in [5.41, 5.74) is 4.42. The van der Waals surface area contributed by atoms with E-state index in [1.807, 2.05) is 30.3 Å². The lowest BCUT2D eigenvalue weighted by molar-refractivity contribution is 0.102. The lowest BCUT2D eigenvalue weighted by Crippen LogP contribution is -2.07. The van der Waals surface area contributed by atoms with E-state index >= 15 is 0 Å². The van der Waals surface area contributed by atoms with Crippen LogP contribution in [0.4, 0.5) is 10.8 Å². The largest absolute Gasteiger partial charge is 0.497 e. The number of nitrogens with zero attached hydrogens (tertiary/aromatic N) is 2. The van der Waals surface area contributed by atoms with E-state index in [-0.39, 0.29) is 5.78 Å². The maximum Gasteiger partial charge on any atom is 0.210 e. The third-order valence-electron chi connectivity index (χ3n) is 4.72. The molecule has 28 heavy (non-hydrogen) atoms. The van der Waals surface area contributed by atoms with E-state index < -0.39 is 0 Å². The van der Waals surface area contributed by atoms with Crippen molar-refractivity contribution in [2.75, 3.05) is 18.2 Å². The van der Waals surface area contributed by atoms with Gasteiger partial charge in [0, 0.05) is 17.3 Å². The quantitative estimate of drug-likeness (QED) is 0.429. The lowest BCUT2D eigenvalue weighted by atomic mass is 9.90. The van der Waals surface area contributed by atoms with Crippen molar-refractivity contribution >= 4 is 39.7 Å². The number of thioether (sulfide) groups is 1. The van der Waals surface area contributed by atoms with Gasteiger partial charge in [-0.15, -0.1) is 10.2 Å². The van der Waals surface area contributed by atoms with Crippen molar-refractivity contribution in [3.05, 3.63) is 59.2 Å². The molecule has 0 unspecified atom stereocenters. The van der Waals surface area contributed by atoms with Gasteiger partial charge in [-0.2, -0.15) is 0 Å². The number of rotatable bonds is 7. The first-order valence-electron chi connectivity index (χ1n) is 9.23. The number of nitrogens with one attached hydrogen (secondary N) is 1. The molecule has 144 valence electrons. The van der Waals surface area contributed by atoms with Gasteiger partial charge in [-0.25, -0.2) is 0 Å². The molecule has 4 rings (SSSR count). The minimum absolute atomic E-state index is 0.135. The normalized spacial score (nSPS) is 13.0. The fraction of sp³-hybridized carbons (Fsp3) is 0.286. The number of aromatic nitrogens is 2. The molecule has 0 atom stereocenters. The lowest BCUT2D eigenvalue weighted by Gasteiger charge is -2.16. The number of ether oxygens (including phenoxy) is 1. The van der Waals surface area contributed by atoms with Crippen LogP contribution in [-0.2, 0) is 12.8 Å². The number of anilines is 2. The number of Topliss-reactive ketones (excluding diaryl/α,β-unsaturated/α-hetero) is 1. The highest BCUT2D eigenvalue weighted by Gasteiger charge is 2.14. The predicted molar refractivity (Wildman–Crippen MR) is 114 cm³/mol. The maximum absolute atomic E-state index is 12.6. The second kappa shape index (κ2) is 8.75. The van der Waals surface area contributed by atoms with Crippen molar-refractivity contribution in [3.63, 3.8) is 0 Å². The van der Waals surface area contributed by atoms with Crippen LogP contribution in [0.1, 0.15) is 34.3 Å². The van der Waals surface area contributed by atoms with E-state index in [4.69, 9.17) is 4.74 Å². The number of carbonyl (C=O) groups is 1. The highest BCUT2D eigenvalue weighted by atomic mass is 32.2. The summed E-state index contributed by atoms with van der Waals surface area (Å²) >= 11 is 2.87. The topological polar surface area (TPSA) is 64.1 Å². The average Bonchev–Trinajstić information content (AvgIpc) is 3.19. The van der Waals surface area contributed by atoms with E-state index in [0.29, 0.717) is 10.9 Å². The van der Waals surface area contributed by atoms with Gasteiger partial charge >= 0.3 is 0 Å². The number of ketones is 1. The Balaban J connectivity index is 1.35. The van der Waals surface area contributed by atoms with Gasteiger partial charge in [0.05, 0.1) is 12.9 Å². The third-order valence-corrected chi connectivity index (χ3v) is 6.70. The zero-order valence-corrected chi connectivity index (χ0v) is 17.2. The van der Waals surface area contributed by atoms with Crippen LogP contribution >= 0.6 is 23.1 Å². The van der Waals surface area contributed by atoms with Crippen molar-refractivity contribution in [2.45, 2.75) is 30.0 Å². The molecule has 0 amide bonds. The Labute approximate surface area is 172 Å². The minimum Gasteiger partial charge on any atom is -0.497 e. The molecule has 7 heteroatoms. The molecule has 0 fully saturated rings. The monoisotopic (exact) mass is 411 g/mol. The summed E-state index contributed by atoms with van der Waals surface area (Å²) in [4.78, 5) is 12.6. The van der Waals surface area contributed by atoms with Gasteiger partial charge < -0.3 is 10.1 Å². The number of hydrogen-bond donors (Lipinski definition) is 1. The zero-order chi connectivity index (χ0) is 19.3. The summed E-state index contributed by atoms with van der Waals surface area (Å²) in [6.07, 6.45) is 4.68. The summed E-state index contributed by atoms with van der Waals surface area (Å²) in [6.45, 7) is 0. The Bertz CT molecular complexity index is 987. The van der Waals surface area contributed by atoms with E-state index in [0.717, 1.165) is 34.2 Å². The Morgan fingerprint density at radius 3 is 2.86 bits per heavy atom. The molecule has 2 aromatic carbocycles. The molecule has 0 spiro atoms. The SMILES string of the molecule is COc1cccc(Nc2nnc(SCC(=O)c3ccc4c(c3)CCCC4)s2)c1. The molecule has 0 saturated heterocycles. The van der Waals surface area contributed by atoms with E-state index in [1.54, 1.807) is 7.11 Å². The van der Waals surface area contributed by atoms with Crippen LogP contribution in [0.25, 0.3) is 0 Å². The first-order valence-corrected chi connectivity index (χ1v) is 11.0. The maximum atomic E-state index is 12.6. The molecule has 0 saturated carbocycles. The number of hydrogen-bond acceptors (Lipinski definition) is 7. The molecule has 3 aromatic rings. The fourth-order valence-corrected chi connectivity index (χ4v) is 4.93. The highest BCUT2D eigenvalue weighted by molar-refractivity contribution is 8.01. The molecule has 1 heterocycles. The molecular weight excluding hydrogens is 390 g/mol. The average molecular weight is 412 g/mol. The van der Waals surface area contributed by atoms with Gasteiger partial charge in [0.1, 0.15) is 5.75 Å².